The van der Waals surface area contributed by atoms with Gasteiger partial charge in [-0.2, -0.15) is 0 Å². The maximum atomic E-state index is 10.5. The van der Waals surface area contributed by atoms with Gasteiger partial charge in [0.2, 0.25) is 5.91 Å². The van der Waals surface area contributed by atoms with Gasteiger partial charge in [-0.15, -0.1) is 0 Å². The van der Waals surface area contributed by atoms with Crippen molar-refractivity contribution in [3.8, 4) is 0 Å². The fourth-order valence-electron chi connectivity index (χ4n) is 0.682. The summed E-state index contributed by atoms with van der Waals surface area (Å²) in [5.41, 5.74) is 0. The molecule has 1 unspecified atom stereocenters. The second-order valence-electron chi connectivity index (χ2n) is 1.81. The van der Waals surface area contributed by atoms with E-state index in [2.05, 4.69) is 31.7 Å². The lowest BCUT2D eigenvalue weighted by Gasteiger charge is -1.98. The first-order chi connectivity index (χ1) is 3.83. The average molecular weight is 226 g/mol. The van der Waals surface area contributed by atoms with Crippen molar-refractivity contribution in [2.75, 3.05) is 6.54 Å². The van der Waals surface area contributed by atoms with Crippen LogP contribution in [-0.2, 0) is 4.79 Å². The molecule has 3 nitrogen and oxygen atoms in total. The molecule has 46 valence electrons. The largest absolute Gasteiger partial charge is 0.354 e. The molecule has 0 bridgehead atoms. The van der Waals surface area contributed by atoms with Crippen LogP contribution in [0, 0.1) is 0 Å². The van der Waals surface area contributed by atoms with Gasteiger partial charge in [0.25, 0.3) is 0 Å². The van der Waals surface area contributed by atoms with Crippen molar-refractivity contribution in [3.05, 3.63) is 0 Å². The summed E-state index contributed by atoms with van der Waals surface area (Å²) in [6.45, 7) is 0.780. The van der Waals surface area contributed by atoms with E-state index in [1.54, 1.807) is 0 Å². The molecule has 2 N–H and O–H groups in total. The highest BCUT2D eigenvalue weighted by atomic mass is 127. The van der Waals surface area contributed by atoms with Gasteiger partial charge < -0.3 is 5.32 Å². The van der Waals surface area contributed by atoms with Crippen LogP contribution in [0.15, 0.2) is 0 Å². The summed E-state index contributed by atoms with van der Waals surface area (Å²) in [6.07, 6.45) is 0.628. The Bertz CT molecular complexity index is 106. The Hall–Kier alpha value is 0.160. The Morgan fingerprint density at radius 3 is 2.88 bits per heavy atom. The van der Waals surface area contributed by atoms with Gasteiger partial charge in [-0.1, -0.05) is 0 Å². The molecule has 1 rings (SSSR count). The lowest BCUT2D eigenvalue weighted by atomic mass is 10.3. The first-order valence-electron chi connectivity index (χ1n) is 2.46. The predicted molar refractivity (Wildman–Crippen MR) is 38.6 cm³/mol. The first-order valence-corrected chi connectivity index (χ1v) is 3.53. The van der Waals surface area contributed by atoms with Crippen molar-refractivity contribution in [1.82, 2.24) is 8.85 Å². The van der Waals surface area contributed by atoms with Gasteiger partial charge in [-0.25, -0.2) is 0 Å². The van der Waals surface area contributed by atoms with E-state index < -0.39 is 0 Å². The highest BCUT2D eigenvalue weighted by Gasteiger charge is 2.19. The number of rotatable bonds is 1. The molecule has 8 heavy (non-hydrogen) atoms. The van der Waals surface area contributed by atoms with Crippen LogP contribution < -0.4 is 8.85 Å². The summed E-state index contributed by atoms with van der Waals surface area (Å²) >= 11 is 2.06. The normalized spacial score (nSPS) is 28.1. The summed E-state index contributed by atoms with van der Waals surface area (Å²) in [5.74, 6) is 0.152. The van der Waals surface area contributed by atoms with E-state index in [0.29, 0.717) is 12.5 Å². The Balaban J connectivity index is 2.32. The van der Waals surface area contributed by atoms with Gasteiger partial charge in [0.1, 0.15) is 0 Å². The zero-order valence-corrected chi connectivity index (χ0v) is 6.44. The molecule has 0 radical (unpaired) electrons. The Kier molecular flexibility index (Phi) is 2.07. The summed E-state index contributed by atoms with van der Waals surface area (Å²) in [7, 11) is 0. The predicted octanol–water partition coefficient (Wildman–Crippen LogP) is -0.185. The molecule has 1 aliphatic rings. The molecule has 0 aromatic heterocycles. The minimum absolute atomic E-state index is 0.152. The van der Waals surface area contributed by atoms with Crippen LogP contribution in [0.5, 0.6) is 0 Å². The molecule has 0 saturated carbocycles. The second-order valence-corrected chi connectivity index (χ2v) is 2.44. The highest BCUT2D eigenvalue weighted by molar-refractivity contribution is 14.1. The van der Waals surface area contributed by atoms with Crippen molar-refractivity contribution in [1.29, 1.82) is 0 Å². The van der Waals surface area contributed by atoms with Crippen molar-refractivity contribution < 1.29 is 4.79 Å². The van der Waals surface area contributed by atoms with Gasteiger partial charge in [-0.3, -0.25) is 8.32 Å². The molecule has 1 aliphatic heterocycles. The minimum Gasteiger partial charge on any atom is -0.354 e. The van der Waals surface area contributed by atoms with Gasteiger partial charge in [0.15, 0.2) is 0 Å². The van der Waals surface area contributed by atoms with Gasteiger partial charge >= 0.3 is 0 Å². The fourth-order valence-corrected chi connectivity index (χ4v) is 1.12. The van der Waals surface area contributed by atoms with E-state index in [0.717, 1.165) is 6.54 Å². The third-order valence-corrected chi connectivity index (χ3v) is 2.01. The Morgan fingerprint density at radius 2 is 2.62 bits per heavy atom. The molecule has 1 atom stereocenters. The quantitative estimate of drug-likeness (QED) is 0.480. The molecule has 1 heterocycles. The van der Waals surface area contributed by atoms with Crippen LogP contribution in [0.2, 0.25) is 0 Å². The highest BCUT2D eigenvalue weighted by Crippen LogP contribution is 1.99. The zero-order chi connectivity index (χ0) is 5.98. The maximum absolute atomic E-state index is 10.5. The van der Waals surface area contributed by atoms with Crippen molar-refractivity contribution in [3.63, 3.8) is 0 Å². The molecule has 4 heteroatoms. The molecule has 0 aromatic carbocycles. The van der Waals surface area contributed by atoms with Crippen LogP contribution in [0.25, 0.3) is 0 Å². The molecule has 0 aromatic rings. The number of nitrogens with one attached hydrogen (secondary N) is 2. The Labute approximate surface area is 61.7 Å². The number of amides is 1. The van der Waals surface area contributed by atoms with E-state index in [-0.39, 0.29) is 5.91 Å². The van der Waals surface area contributed by atoms with Crippen molar-refractivity contribution >= 4 is 28.8 Å². The van der Waals surface area contributed by atoms with Crippen LogP contribution in [-0.4, -0.2) is 18.5 Å². The van der Waals surface area contributed by atoms with E-state index in [9.17, 15) is 4.79 Å². The average Bonchev–Trinajstić information content (AvgIpc) is 2.14. The van der Waals surface area contributed by atoms with Crippen LogP contribution in [0.3, 0.4) is 0 Å². The number of carbonyl (C=O) groups excluding carboxylic acids is 1. The number of hydrogen-bond acceptors (Lipinski definition) is 2. The lowest BCUT2D eigenvalue weighted by molar-refractivity contribution is -0.119. The third-order valence-electron chi connectivity index (χ3n) is 1.13. The van der Waals surface area contributed by atoms with E-state index in [4.69, 9.17) is 0 Å². The first kappa shape index (κ1) is 6.28. The molecule has 0 aliphatic carbocycles. The smallest absolute Gasteiger partial charge is 0.221 e. The second kappa shape index (κ2) is 2.63. The standard InChI is InChI=1S/C4H7IN2O/c5-7-3-1-4(8)6-2-3/h3,7H,1-2H2,(H,6,8). The summed E-state index contributed by atoms with van der Waals surface area (Å²) < 4.78 is 2.98. The molecular formula is C4H7IN2O. The number of carbonyl (C=O) groups is 1. The van der Waals surface area contributed by atoms with E-state index in [1.165, 1.54) is 0 Å². The topological polar surface area (TPSA) is 41.1 Å². The third kappa shape index (κ3) is 1.32. The van der Waals surface area contributed by atoms with Gasteiger partial charge in [0.05, 0.1) is 0 Å². The Morgan fingerprint density at radius 1 is 1.88 bits per heavy atom. The SMILES string of the molecule is O=C1CC(NI)CN1. The van der Waals surface area contributed by atoms with E-state index in [1.807, 2.05) is 0 Å². The number of halogens is 1. The molecule has 1 fully saturated rings. The minimum atomic E-state index is 0.152. The summed E-state index contributed by atoms with van der Waals surface area (Å²) in [5, 5.41) is 2.71. The lowest BCUT2D eigenvalue weighted by Crippen LogP contribution is -2.22. The molecular weight excluding hydrogens is 219 g/mol. The van der Waals surface area contributed by atoms with Crippen LogP contribution in [0.1, 0.15) is 6.42 Å². The fraction of sp³-hybridized carbons (Fsp3) is 0.750. The zero-order valence-electron chi connectivity index (χ0n) is 4.28. The van der Waals surface area contributed by atoms with Gasteiger partial charge in [0, 0.05) is 41.9 Å². The van der Waals surface area contributed by atoms with Gasteiger partial charge in [-0.05, 0) is 0 Å². The molecule has 0 spiro atoms. The summed E-state index contributed by atoms with van der Waals surface area (Å²) in [4.78, 5) is 10.5. The molecule has 1 amide bonds. The van der Waals surface area contributed by atoms with E-state index >= 15 is 0 Å². The van der Waals surface area contributed by atoms with Crippen molar-refractivity contribution in [2.24, 2.45) is 0 Å². The van der Waals surface area contributed by atoms with Crippen LogP contribution in [0.4, 0.5) is 0 Å². The van der Waals surface area contributed by atoms with Crippen molar-refractivity contribution in [2.45, 2.75) is 12.5 Å². The monoisotopic (exact) mass is 226 g/mol. The summed E-state index contributed by atoms with van der Waals surface area (Å²) in [6, 6.07) is 0.350. The van der Waals surface area contributed by atoms with Crippen LogP contribution >= 0.6 is 22.9 Å². The maximum Gasteiger partial charge on any atom is 0.221 e. The molecule has 1 saturated heterocycles. The number of hydrogen-bond donors (Lipinski definition) is 2.